The highest BCUT2D eigenvalue weighted by atomic mass is 14.6. The van der Waals surface area contributed by atoms with Crippen LogP contribution in [0, 0.1) is 11.3 Å². The monoisotopic (exact) mass is 185 g/mol. The highest BCUT2D eigenvalue weighted by Crippen LogP contribution is 2.34. The largest absolute Gasteiger partial charge is 0.330 e. The van der Waals surface area contributed by atoms with Crippen molar-refractivity contribution in [1.29, 1.82) is 0 Å². The Morgan fingerprint density at radius 1 is 1.23 bits per heavy atom. The van der Waals surface area contributed by atoms with Gasteiger partial charge in [0.1, 0.15) is 0 Å². The van der Waals surface area contributed by atoms with Crippen LogP contribution in [0.4, 0.5) is 0 Å². The summed E-state index contributed by atoms with van der Waals surface area (Å²) in [5, 5.41) is 0. The summed E-state index contributed by atoms with van der Waals surface area (Å²) in [5.41, 5.74) is 6.34. The molecule has 0 aliphatic heterocycles. The summed E-state index contributed by atoms with van der Waals surface area (Å²) in [6, 6.07) is 0. The highest BCUT2D eigenvalue weighted by Gasteiger charge is 2.26. The first-order valence-electron chi connectivity index (χ1n) is 5.80. The molecule has 1 unspecified atom stereocenters. The van der Waals surface area contributed by atoms with Crippen molar-refractivity contribution in [2.24, 2.45) is 17.1 Å². The number of unbranched alkanes of at least 4 members (excludes halogenated alkanes) is 1. The van der Waals surface area contributed by atoms with Gasteiger partial charge in [0.05, 0.1) is 0 Å². The lowest BCUT2D eigenvalue weighted by atomic mass is 9.74. The van der Waals surface area contributed by atoms with E-state index in [1.807, 2.05) is 0 Å². The predicted octanol–water partition coefficient (Wildman–Crippen LogP) is 3.58. The Labute approximate surface area is 84.1 Å². The minimum Gasteiger partial charge on any atom is -0.330 e. The van der Waals surface area contributed by atoms with Crippen molar-refractivity contribution in [3.05, 3.63) is 0 Å². The van der Waals surface area contributed by atoms with Crippen LogP contribution in [0.2, 0.25) is 0 Å². The van der Waals surface area contributed by atoms with E-state index in [0.29, 0.717) is 5.41 Å². The zero-order valence-corrected chi connectivity index (χ0v) is 9.90. The second kappa shape index (κ2) is 6.42. The molecule has 0 aromatic heterocycles. The van der Waals surface area contributed by atoms with E-state index in [1.54, 1.807) is 0 Å². The lowest BCUT2D eigenvalue weighted by Crippen LogP contribution is -2.31. The fourth-order valence-electron chi connectivity index (χ4n) is 2.17. The fraction of sp³-hybridized carbons (Fsp3) is 1.00. The Morgan fingerprint density at radius 3 is 2.15 bits per heavy atom. The van der Waals surface area contributed by atoms with E-state index in [1.165, 1.54) is 32.1 Å². The van der Waals surface area contributed by atoms with Crippen LogP contribution < -0.4 is 5.73 Å². The maximum Gasteiger partial charge on any atom is -0.00205 e. The molecule has 0 saturated heterocycles. The first-order valence-corrected chi connectivity index (χ1v) is 5.80. The molecule has 0 aliphatic carbocycles. The van der Waals surface area contributed by atoms with Crippen LogP contribution >= 0.6 is 0 Å². The third-order valence-corrected chi connectivity index (χ3v) is 3.08. The van der Waals surface area contributed by atoms with Gasteiger partial charge in [-0.2, -0.15) is 0 Å². The summed E-state index contributed by atoms with van der Waals surface area (Å²) in [6.07, 6.45) is 6.47. The normalized spacial score (nSPS) is 16.2. The van der Waals surface area contributed by atoms with Crippen molar-refractivity contribution in [2.75, 3.05) is 6.54 Å². The zero-order valence-electron chi connectivity index (χ0n) is 9.90. The lowest BCUT2D eigenvalue weighted by molar-refractivity contribution is 0.202. The van der Waals surface area contributed by atoms with E-state index in [4.69, 9.17) is 5.73 Å². The van der Waals surface area contributed by atoms with Gasteiger partial charge in [0.2, 0.25) is 0 Å². The van der Waals surface area contributed by atoms with Gasteiger partial charge in [-0.05, 0) is 37.1 Å². The highest BCUT2D eigenvalue weighted by molar-refractivity contribution is 4.79. The number of rotatable bonds is 7. The summed E-state index contributed by atoms with van der Waals surface area (Å²) in [7, 11) is 0. The molecule has 1 heteroatoms. The van der Waals surface area contributed by atoms with Gasteiger partial charge >= 0.3 is 0 Å². The predicted molar refractivity (Wildman–Crippen MR) is 60.8 cm³/mol. The maximum atomic E-state index is 5.91. The van der Waals surface area contributed by atoms with E-state index in [-0.39, 0.29) is 0 Å². The lowest BCUT2D eigenvalue weighted by Gasteiger charge is -2.33. The summed E-state index contributed by atoms with van der Waals surface area (Å²) in [6.45, 7) is 10.00. The number of hydrogen-bond acceptors (Lipinski definition) is 1. The molecular weight excluding hydrogens is 158 g/mol. The summed E-state index contributed by atoms with van der Waals surface area (Å²) >= 11 is 0. The molecule has 0 radical (unpaired) electrons. The maximum absolute atomic E-state index is 5.91. The van der Waals surface area contributed by atoms with Crippen molar-refractivity contribution in [3.63, 3.8) is 0 Å². The first kappa shape index (κ1) is 13.0. The Balaban J connectivity index is 4.13. The Bertz CT molecular complexity index is 114. The molecule has 1 atom stereocenters. The van der Waals surface area contributed by atoms with E-state index < -0.39 is 0 Å². The second-order valence-electron chi connectivity index (χ2n) is 4.76. The van der Waals surface area contributed by atoms with Crippen molar-refractivity contribution in [3.8, 4) is 0 Å². The van der Waals surface area contributed by atoms with Crippen LogP contribution in [-0.2, 0) is 0 Å². The van der Waals surface area contributed by atoms with Crippen LogP contribution in [0.5, 0.6) is 0 Å². The molecule has 0 rings (SSSR count). The minimum atomic E-state index is 0.435. The molecule has 0 fully saturated rings. The molecule has 0 aliphatic rings. The molecule has 80 valence electrons. The van der Waals surface area contributed by atoms with Crippen molar-refractivity contribution in [2.45, 2.75) is 59.8 Å². The van der Waals surface area contributed by atoms with Crippen LogP contribution in [0.15, 0.2) is 0 Å². The molecule has 0 aromatic rings. The smallest absolute Gasteiger partial charge is 0.00205 e. The van der Waals surface area contributed by atoms with E-state index in [0.717, 1.165) is 12.5 Å². The van der Waals surface area contributed by atoms with Gasteiger partial charge < -0.3 is 5.73 Å². The number of hydrogen-bond donors (Lipinski definition) is 1. The molecular formula is C12H27N. The SMILES string of the molecule is CCCCC(CC)(CN)CC(C)C. The van der Waals surface area contributed by atoms with Crippen LogP contribution in [0.25, 0.3) is 0 Å². The summed E-state index contributed by atoms with van der Waals surface area (Å²) < 4.78 is 0. The molecule has 0 aromatic carbocycles. The van der Waals surface area contributed by atoms with E-state index in [2.05, 4.69) is 27.7 Å². The number of nitrogens with two attached hydrogens (primary N) is 1. The second-order valence-corrected chi connectivity index (χ2v) is 4.76. The van der Waals surface area contributed by atoms with Gasteiger partial charge in [-0.15, -0.1) is 0 Å². The van der Waals surface area contributed by atoms with E-state index >= 15 is 0 Å². The quantitative estimate of drug-likeness (QED) is 0.644. The Kier molecular flexibility index (Phi) is 6.40. The molecule has 2 N–H and O–H groups in total. The standard InChI is InChI=1S/C12H27N/c1-5-7-8-12(6-2,10-13)9-11(3)4/h11H,5-10,13H2,1-4H3. The van der Waals surface area contributed by atoms with Crippen molar-refractivity contribution >= 4 is 0 Å². The van der Waals surface area contributed by atoms with Gasteiger partial charge in [-0.1, -0.05) is 40.5 Å². The van der Waals surface area contributed by atoms with E-state index in [9.17, 15) is 0 Å². The van der Waals surface area contributed by atoms with Crippen molar-refractivity contribution in [1.82, 2.24) is 0 Å². The molecule has 0 bridgehead atoms. The zero-order chi connectivity index (χ0) is 10.3. The minimum absolute atomic E-state index is 0.435. The van der Waals surface area contributed by atoms with Crippen molar-refractivity contribution < 1.29 is 0 Å². The molecule has 0 heterocycles. The van der Waals surface area contributed by atoms with Gasteiger partial charge in [0.25, 0.3) is 0 Å². The van der Waals surface area contributed by atoms with Gasteiger partial charge in [-0.25, -0.2) is 0 Å². The third kappa shape index (κ3) is 4.66. The summed E-state index contributed by atoms with van der Waals surface area (Å²) in [5.74, 6) is 0.778. The van der Waals surface area contributed by atoms with Gasteiger partial charge in [0.15, 0.2) is 0 Å². The molecule has 0 spiro atoms. The van der Waals surface area contributed by atoms with Crippen LogP contribution in [0.3, 0.4) is 0 Å². The topological polar surface area (TPSA) is 26.0 Å². The average Bonchev–Trinajstić information content (AvgIpc) is 2.12. The van der Waals surface area contributed by atoms with Gasteiger partial charge in [-0.3, -0.25) is 0 Å². The Hall–Kier alpha value is -0.0400. The molecule has 13 heavy (non-hydrogen) atoms. The summed E-state index contributed by atoms with van der Waals surface area (Å²) in [4.78, 5) is 0. The van der Waals surface area contributed by atoms with Gasteiger partial charge in [0, 0.05) is 0 Å². The third-order valence-electron chi connectivity index (χ3n) is 3.08. The fourth-order valence-corrected chi connectivity index (χ4v) is 2.17. The average molecular weight is 185 g/mol. The first-order chi connectivity index (χ1) is 6.10. The molecule has 1 nitrogen and oxygen atoms in total. The molecule has 0 amide bonds. The molecule has 0 saturated carbocycles. The van der Waals surface area contributed by atoms with Crippen LogP contribution in [-0.4, -0.2) is 6.54 Å². The van der Waals surface area contributed by atoms with Crippen LogP contribution in [0.1, 0.15) is 59.8 Å². The Morgan fingerprint density at radius 2 is 1.85 bits per heavy atom.